The molecule has 0 aliphatic carbocycles. The Kier molecular flexibility index (Phi) is 4.44. The number of methoxy groups -OCH3 is 1. The molecule has 2 N–H and O–H groups in total. The van der Waals surface area contributed by atoms with Crippen LogP contribution in [0.5, 0.6) is 11.5 Å². The summed E-state index contributed by atoms with van der Waals surface area (Å²) in [7, 11) is 1.52. The molecule has 1 heterocycles. The third kappa shape index (κ3) is 3.48. The number of halogens is 1. The molecule has 0 radical (unpaired) electrons. The lowest BCUT2D eigenvalue weighted by Crippen LogP contribution is -2.12. The van der Waals surface area contributed by atoms with Crippen LogP contribution in [-0.4, -0.2) is 17.4 Å². The van der Waals surface area contributed by atoms with Crippen molar-refractivity contribution < 1.29 is 14.4 Å². The van der Waals surface area contributed by atoms with Crippen molar-refractivity contribution in [2.75, 3.05) is 7.11 Å². The molecule has 0 amide bonds. The first-order valence-corrected chi connectivity index (χ1v) is 6.57. The van der Waals surface area contributed by atoms with Crippen LogP contribution in [0.3, 0.4) is 0 Å². The zero-order valence-electron chi connectivity index (χ0n) is 10.7. The lowest BCUT2D eigenvalue weighted by atomic mass is 10.2. The molecule has 1 aromatic heterocycles. The molecule has 0 unspecified atom stereocenters. The second kappa shape index (κ2) is 6.08. The van der Waals surface area contributed by atoms with E-state index in [1.165, 1.54) is 7.11 Å². The molecule has 0 saturated heterocycles. The van der Waals surface area contributed by atoms with Gasteiger partial charge in [0.15, 0.2) is 17.3 Å². The zero-order chi connectivity index (χ0) is 13.8. The molecule has 19 heavy (non-hydrogen) atoms. The predicted molar refractivity (Wildman–Crippen MR) is 74.1 cm³/mol. The Hall–Kier alpha value is -1.53. The average Bonchev–Trinajstić information content (AvgIpc) is 2.79. The van der Waals surface area contributed by atoms with Gasteiger partial charge in [0.1, 0.15) is 0 Å². The van der Waals surface area contributed by atoms with E-state index in [1.54, 1.807) is 6.07 Å². The minimum atomic E-state index is 0.108. The fourth-order valence-electron chi connectivity index (χ4n) is 1.71. The van der Waals surface area contributed by atoms with E-state index in [9.17, 15) is 5.11 Å². The fraction of sp³-hybridized carbons (Fsp3) is 0.308. The number of aryl methyl sites for hydroxylation is 1. The van der Waals surface area contributed by atoms with Gasteiger partial charge in [0, 0.05) is 12.6 Å². The topological polar surface area (TPSA) is 67.5 Å². The summed E-state index contributed by atoms with van der Waals surface area (Å²) in [5, 5.41) is 16.8. The largest absolute Gasteiger partial charge is 0.503 e. The van der Waals surface area contributed by atoms with Crippen LogP contribution in [0.4, 0.5) is 0 Å². The summed E-state index contributed by atoms with van der Waals surface area (Å²) in [5.41, 5.74) is 1.86. The Morgan fingerprint density at radius 3 is 2.79 bits per heavy atom. The molecule has 0 saturated carbocycles. The van der Waals surface area contributed by atoms with E-state index in [2.05, 4.69) is 26.4 Å². The normalized spacial score (nSPS) is 10.7. The first-order valence-electron chi connectivity index (χ1n) is 5.78. The van der Waals surface area contributed by atoms with Crippen molar-refractivity contribution >= 4 is 15.9 Å². The van der Waals surface area contributed by atoms with Gasteiger partial charge in [-0.15, -0.1) is 0 Å². The highest BCUT2D eigenvalue weighted by atomic mass is 79.9. The molecule has 102 valence electrons. The molecular weight excluding hydrogens is 312 g/mol. The van der Waals surface area contributed by atoms with Crippen LogP contribution in [0.25, 0.3) is 0 Å². The SMILES string of the molecule is COc1cc(CNCc2cc(C)no2)cc(Br)c1O. The molecule has 0 atom stereocenters. The number of aromatic nitrogens is 1. The Balaban J connectivity index is 1.98. The van der Waals surface area contributed by atoms with Gasteiger partial charge in [-0.2, -0.15) is 0 Å². The number of hydrogen-bond donors (Lipinski definition) is 2. The van der Waals surface area contributed by atoms with Gasteiger partial charge < -0.3 is 19.7 Å². The second-order valence-electron chi connectivity index (χ2n) is 4.17. The van der Waals surface area contributed by atoms with Crippen LogP contribution < -0.4 is 10.1 Å². The molecule has 0 fully saturated rings. The minimum Gasteiger partial charge on any atom is -0.503 e. The lowest BCUT2D eigenvalue weighted by Gasteiger charge is -2.09. The third-order valence-electron chi connectivity index (χ3n) is 2.61. The van der Waals surface area contributed by atoms with Gasteiger partial charge in [-0.3, -0.25) is 0 Å². The Labute approximate surface area is 119 Å². The Bertz CT molecular complexity index is 569. The number of hydrogen-bond acceptors (Lipinski definition) is 5. The number of rotatable bonds is 5. The number of phenolic OH excluding ortho intramolecular Hbond substituents is 1. The van der Waals surface area contributed by atoms with Crippen molar-refractivity contribution in [3.63, 3.8) is 0 Å². The Morgan fingerprint density at radius 1 is 1.37 bits per heavy atom. The van der Waals surface area contributed by atoms with Gasteiger partial charge >= 0.3 is 0 Å². The molecule has 0 aliphatic rings. The molecule has 2 rings (SSSR count). The van der Waals surface area contributed by atoms with Crippen LogP contribution in [-0.2, 0) is 13.1 Å². The number of ether oxygens (including phenoxy) is 1. The van der Waals surface area contributed by atoms with Crippen LogP contribution >= 0.6 is 15.9 Å². The molecule has 0 spiro atoms. The smallest absolute Gasteiger partial charge is 0.172 e. The summed E-state index contributed by atoms with van der Waals surface area (Å²) in [5.74, 6) is 1.35. The summed E-state index contributed by atoms with van der Waals surface area (Å²) in [6.07, 6.45) is 0. The van der Waals surface area contributed by atoms with Gasteiger partial charge in [0.2, 0.25) is 0 Å². The lowest BCUT2D eigenvalue weighted by molar-refractivity contribution is 0.367. The van der Waals surface area contributed by atoms with E-state index >= 15 is 0 Å². The molecule has 0 bridgehead atoms. The average molecular weight is 327 g/mol. The highest BCUT2D eigenvalue weighted by molar-refractivity contribution is 9.10. The second-order valence-corrected chi connectivity index (χ2v) is 5.02. The summed E-state index contributed by atoms with van der Waals surface area (Å²) in [6.45, 7) is 3.12. The Morgan fingerprint density at radius 2 is 2.16 bits per heavy atom. The maximum atomic E-state index is 9.71. The van der Waals surface area contributed by atoms with Crippen molar-refractivity contribution in [2.45, 2.75) is 20.0 Å². The summed E-state index contributed by atoms with van der Waals surface area (Å²) in [6, 6.07) is 5.52. The fourth-order valence-corrected chi connectivity index (χ4v) is 2.20. The van der Waals surface area contributed by atoms with E-state index in [-0.39, 0.29) is 5.75 Å². The molecule has 5 nitrogen and oxygen atoms in total. The maximum Gasteiger partial charge on any atom is 0.172 e. The highest BCUT2D eigenvalue weighted by Crippen LogP contribution is 2.35. The molecule has 0 aliphatic heterocycles. The first kappa shape index (κ1) is 13.9. The third-order valence-corrected chi connectivity index (χ3v) is 3.22. The van der Waals surface area contributed by atoms with Crippen LogP contribution in [0.15, 0.2) is 27.2 Å². The molecule has 1 aromatic carbocycles. The van der Waals surface area contributed by atoms with Gasteiger partial charge in [0.25, 0.3) is 0 Å². The summed E-state index contributed by atoms with van der Waals surface area (Å²) < 4.78 is 10.8. The van der Waals surface area contributed by atoms with Crippen LogP contribution in [0, 0.1) is 6.92 Å². The van der Waals surface area contributed by atoms with Crippen LogP contribution in [0.1, 0.15) is 17.0 Å². The van der Waals surface area contributed by atoms with Gasteiger partial charge in [-0.1, -0.05) is 5.16 Å². The zero-order valence-corrected chi connectivity index (χ0v) is 12.3. The summed E-state index contributed by atoms with van der Waals surface area (Å²) in [4.78, 5) is 0. The van der Waals surface area contributed by atoms with E-state index in [4.69, 9.17) is 9.26 Å². The predicted octanol–water partition coefficient (Wildman–Crippen LogP) is 2.75. The standard InChI is InChI=1S/C13H15BrN2O3/c1-8-3-10(19-16-8)7-15-6-9-4-11(14)13(17)12(5-9)18-2/h3-5,15,17H,6-7H2,1-2H3. The van der Waals surface area contributed by atoms with Crippen molar-refractivity contribution in [1.82, 2.24) is 10.5 Å². The van der Waals surface area contributed by atoms with Gasteiger partial charge in [-0.25, -0.2) is 0 Å². The van der Waals surface area contributed by atoms with Crippen molar-refractivity contribution in [3.8, 4) is 11.5 Å². The summed E-state index contributed by atoms with van der Waals surface area (Å²) >= 11 is 3.29. The van der Waals surface area contributed by atoms with E-state index in [0.717, 1.165) is 17.0 Å². The maximum absolute atomic E-state index is 9.71. The first-order chi connectivity index (χ1) is 9.10. The minimum absolute atomic E-state index is 0.108. The van der Waals surface area contributed by atoms with Crippen molar-refractivity contribution in [3.05, 3.63) is 39.7 Å². The number of benzene rings is 1. The monoisotopic (exact) mass is 326 g/mol. The number of nitrogens with one attached hydrogen (secondary N) is 1. The van der Waals surface area contributed by atoms with Crippen molar-refractivity contribution in [2.24, 2.45) is 0 Å². The van der Waals surface area contributed by atoms with E-state index in [0.29, 0.717) is 23.3 Å². The van der Waals surface area contributed by atoms with Gasteiger partial charge in [0.05, 0.1) is 23.8 Å². The highest BCUT2D eigenvalue weighted by Gasteiger charge is 2.08. The number of nitrogens with zero attached hydrogens (tertiary/aromatic N) is 1. The molecule has 6 heteroatoms. The van der Waals surface area contributed by atoms with Gasteiger partial charge in [-0.05, 0) is 40.5 Å². The van der Waals surface area contributed by atoms with Crippen molar-refractivity contribution in [1.29, 1.82) is 0 Å². The molecule has 2 aromatic rings. The van der Waals surface area contributed by atoms with E-state index < -0.39 is 0 Å². The number of aromatic hydroxyl groups is 1. The van der Waals surface area contributed by atoms with Crippen LogP contribution in [0.2, 0.25) is 0 Å². The molecular formula is C13H15BrN2O3. The van der Waals surface area contributed by atoms with E-state index in [1.807, 2.05) is 19.1 Å². The quantitative estimate of drug-likeness (QED) is 0.884. The number of phenols is 1.